The van der Waals surface area contributed by atoms with E-state index in [0.29, 0.717) is 6.04 Å². The number of ether oxygens (including phenoxy) is 1. The molecular formula is C14H27IN4O2. The summed E-state index contributed by atoms with van der Waals surface area (Å²) in [5.74, 6) is 0.825. The molecule has 7 heteroatoms. The summed E-state index contributed by atoms with van der Waals surface area (Å²) in [7, 11) is 3.19. The van der Waals surface area contributed by atoms with Crippen LogP contribution in [0.15, 0.2) is 17.1 Å². The monoisotopic (exact) mass is 410 g/mol. The predicted octanol–water partition coefficient (Wildman–Crippen LogP) is 1.97. The number of nitrogens with zero attached hydrogens (tertiary/aromatic N) is 2. The van der Waals surface area contributed by atoms with E-state index in [9.17, 15) is 4.79 Å². The number of halogens is 1. The van der Waals surface area contributed by atoms with Crippen LogP contribution in [0.25, 0.3) is 0 Å². The van der Waals surface area contributed by atoms with Crippen LogP contribution in [-0.2, 0) is 4.74 Å². The molecule has 1 saturated heterocycles. The van der Waals surface area contributed by atoms with Gasteiger partial charge < -0.3 is 20.3 Å². The minimum atomic E-state index is -0.239. The van der Waals surface area contributed by atoms with Gasteiger partial charge in [0.1, 0.15) is 0 Å². The SMILES string of the molecule is CC=CCCNC(=NC)NC1CCN(C(=O)OC)CC1.I. The van der Waals surface area contributed by atoms with E-state index in [0.717, 1.165) is 44.9 Å². The van der Waals surface area contributed by atoms with Gasteiger partial charge >= 0.3 is 6.09 Å². The fourth-order valence-electron chi connectivity index (χ4n) is 2.16. The van der Waals surface area contributed by atoms with Gasteiger partial charge in [-0.15, -0.1) is 24.0 Å². The van der Waals surface area contributed by atoms with E-state index in [-0.39, 0.29) is 30.1 Å². The second-order valence-corrected chi connectivity index (χ2v) is 4.73. The van der Waals surface area contributed by atoms with Gasteiger partial charge in [0, 0.05) is 32.7 Å². The molecule has 0 aliphatic carbocycles. The number of hydrogen-bond donors (Lipinski definition) is 2. The van der Waals surface area contributed by atoms with Gasteiger partial charge in [-0.05, 0) is 26.2 Å². The van der Waals surface area contributed by atoms with Gasteiger partial charge in [-0.2, -0.15) is 0 Å². The Morgan fingerprint density at radius 3 is 2.62 bits per heavy atom. The summed E-state index contributed by atoms with van der Waals surface area (Å²) < 4.78 is 4.73. The maximum atomic E-state index is 11.4. The van der Waals surface area contributed by atoms with Crippen LogP contribution in [0.5, 0.6) is 0 Å². The number of aliphatic imine (C=N–C) groups is 1. The van der Waals surface area contributed by atoms with Crippen molar-refractivity contribution in [3.63, 3.8) is 0 Å². The van der Waals surface area contributed by atoms with E-state index in [1.807, 2.05) is 13.0 Å². The lowest BCUT2D eigenvalue weighted by Crippen LogP contribution is -2.49. The Kier molecular flexibility index (Phi) is 11.1. The number of amides is 1. The van der Waals surface area contributed by atoms with E-state index in [1.54, 1.807) is 11.9 Å². The van der Waals surface area contributed by atoms with Gasteiger partial charge in [-0.1, -0.05) is 12.2 Å². The molecule has 2 N–H and O–H groups in total. The summed E-state index contributed by atoms with van der Waals surface area (Å²) in [6.45, 7) is 4.33. The quantitative estimate of drug-likeness (QED) is 0.245. The molecule has 122 valence electrons. The number of carbonyl (C=O) groups is 1. The van der Waals surface area contributed by atoms with Crippen molar-refractivity contribution in [2.45, 2.75) is 32.2 Å². The third-order valence-electron chi connectivity index (χ3n) is 3.33. The molecule has 0 unspecified atom stereocenters. The molecule has 0 atom stereocenters. The summed E-state index contributed by atoms with van der Waals surface area (Å²) in [4.78, 5) is 17.3. The van der Waals surface area contributed by atoms with Gasteiger partial charge in [0.05, 0.1) is 7.11 Å². The van der Waals surface area contributed by atoms with E-state index >= 15 is 0 Å². The summed E-state index contributed by atoms with van der Waals surface area (Å²) in [6.07, 6.45) is 6.72. The van der Waals surface area contributed by atoms with Gasteiger partial charge in [-0.25, -0.2) is 4.79 Å². The van der Waals surface area contributed by atoms with E-state index < -0.39 is 0 Å². The molecule has 1 aliphatic heterocycles. The van der Waals surface area contributed by atoms with Crippen molar-refractivity contribution in [2.24, 2.45) is 4.99 Å². The largest absolute Gasteiger partial charge is 0.453 e. The maximum absolute atomic E-state index is 11.4. The highest BCUT2D eigenvalue weighted by Crippen LogP contribution is 2.11. The van der Waals surface area contributed by atoms with Crippen LogP contribution in [0.1, 0.15) is 26.2 Å². The highest BCUT2D eigenvalue weighted by Gasteiger charge is 2.23. The number of guanidine groups is 1. The van der Waals surface area contributed by atoms with Gasteiger partial charge in [0.15, 0.2) is 5.96 Å². The molecule has 0 aromatic heterocycles. The van der Waals surface area contributed by atoms with Crippen molar-refractivity contribution < 1.29 is 9.53 Å². The number of nitrogens with one attached hydrogen (secondary N) is 2. The highest BCUT2D eigenvalue weighted by molar-refractivity contribution is 14.0. The molecule has 1 rings (SSSR count). The number of hydrogen-bond acceptors (Lipinski definition) is 3. The average Bonchev–Trinajstić information content (AvgIpc) is 2.50. The number of rotatable bonds is 4. The van der Waals surface area contributed by atoms with E-state index in [4.69, 9.17) is 4.74 Å². The third kappa shape index (κ3) is 7.54. The first kappa shape index (κ1) is 20.0. The Bertz CT molecular complexity index is 353. The zero-order valence-electron chi connectivity index (χ0n) is 13.1. The first-order valence-electron chi connectivity index (χ1n) is 7.12. The molecule has 1 heterocycles. The van der Waals surface area contributed by atoms with E-state index in [2.05, 4.69) is 21.7 Å². The van der Waals surface area contributed by atoms with Gasteiger partial charge in [0.2, 0.25) is 0 Å². The molecular weight excluding hydrogens is 383 g/mol. The second kappa shape index (κ2) is 11.6. The number of likely N-dealkylation sites (tertiary alicyclic amines) is 1. The van der Waals surface area contributed by atoms with E-state index in [1.165, 1.54) is 7.11 Å². The van der Waals surface area contributed by atoms with Crippen LogP contribution in [0, 0.1) is 0 Å². The molecule has 21 heavy (non-hydrogen) atoms. The van der Waals surface area contributed by atoms with Crippen molar-refractivity contribution in [3.05, 3.63) is 12.2 Å². The normalized spacial score (nSPS) is 16.5. The lowest BCUT2D eigenvalue weighted by molar-refractivity contribution is 0.111. The lowest BCUT2D eigenvalue weighted by Gasteiger charge is -2.32. The predicted molar refractivity (Wildman–Crippen MR) is 96.3 cm³/mol. The van der Waals surface area contributed by atoms with Crippen LogP contribution in [-0.4, -0.2) is 56.8 Å². The molecule has 0 aromatic rings. The van der Waals surface area contributed by atoms with Crippen molar-refractivity contribution in [1.29, 1.82) is 0 Å². The minimum Gasteiger partial charge on any atom is -0.453 e. The summed E-state index contributed by atoms with van der Waals surface area (Å²) in [5, 5.41) is 6.68. The summed E-state index contributed by atoms with van der Waals surface area (Å²) >= 11 is 0. The van der Waals surface area contributed by atoms with Crippen LogP contribution >= 0.6 is 24.0 Å². The Morgan fingerprint density at radius 1 is 1.43 bits per heavy atom. The summed E-state index contributed by atoms with van der Waals surface area (Å²) in [6, 6.07) is 0.351. The third-order valence-corrected chi connectivity index (χ3v) is 3.33. The molecule has 1 amide bonds. The summed E-state index contributed by atoms with van der Waals surface area (Å²) in [5.41, 5.74) is 0. The molecule has 1 fully saturated rings. The number of methoxy groups -OCH3 is 1. The zero-order valence-corrected chi connectivity index (χ0v) is 15.4. The van der Waals surface area contributed by atoms with Crippen molar-refractivity contribution in [2.75, 3.05) is 33.8 Å². The Morgan fingerprint density at radius 2 is 2.10 bits per heavy atom. The lowest BCUT2D eigenvalue weighted by atomic mass is 10.1. The fourth-order valence-corrected chi connectivity index (χ4v) is 2.16. The molecule has 0 spiro atoms. The Labute approximate surface area is 144 Å². The van der Waals surface area contributed by atoms with Crippen LogP contribution < -0.4 is 10.6 Å². The van der Waals surface area contributed by atoms with Crippen LogP contribution in [0.4, 0.5) is 4.79 Å². The number of carbonyl (C=O) groups excluding carboxylic acids is 1. The first-order chi connectivity index (χ1) is 9.71. The first-order valence-corrected chi connectivity index (χ1v) is 7.12. The fraction of sp³-hybridized carbons (Fsp3) is 0.714. The molecule has 0 radical (unpaired) electrons. The number of allylic oxidation sites excluding steroid dienone is 1. The molecule has 0 aromatic carbocycles. The molecule has 6 nitrogen and oxygen atoms in total. The topological polar surface area (TPSA) is 66.0 Å². The minimum absolute atomic E-state index is 0. The van der Waals surface area contributed by atoms with Crippen molar-refractivity contribution in [3.8, 4) is 0 Å². The van der Waals surface area contributed by atoms with Crippen molar-refractivity contribution in [1.82, 2.24) is 15.5 Å². The smallest absolute Gasteiger partial charge is 0.409 e. The molecule has 1 aliphatic rings. The Hall–Kier alpha value is -0.990. The van der Waals surface area contributed by atoms with Gasteiger partial charge in [-0.3, -0.25) is 4.99 Å². The van der Waals surface area contributed by atoms with Gasteiger partial charge in [0.25, 0.3) is 0 Å². The number of piperidine rings is 1. The van der Waals surface area contributed by atoms with Crippen LogP contribution in [0.3, 0.4) is 0 Å². The average molecular weight is 410 g/mol. The maximum Gasteiger partial charge on any atom is 0.409 e. The molecule has 0 bridgehead atoms. The second-order valence-electron chi connectivity index (χ2n) is 4.73. The zero-order chi connectivity index (χ0) is 14.8. The highest BCUT2D eigenvalue weighted by atomic mass is 127. The standard InChI is InChI=1S/C14H26N4O2.HI/c1-4-5-6-9-16-13(15-2)17-12-7-10-18(11-8-12)14(19)20-3;/h4-5,12H,6-11H2,1-3H3,(H2,15,16,17);1H. The van der Waals surface area contributed by atoms with Crippen LogP contribution in [0.2, 0.25) is 0 Å². The molecule has 0 saturated carbocycles. The Balaban J connectivity index is 0.00000400. The van der Waals surface area contributed by atoms with Crippen molar-refractivity contribution >= 4 is 36.0 Å².